The summed E-state index contributed by atoms with van der Waals surface area (Å²) in [6.45, 7) is 0. The first-order chi connectivity index (χ1) is 5.15. The second kappa shape index (κ2) is 2.89. The summed E-state index contributed by atoms with van der Waals surface area (Å²) >= 11 is 0.535. The van der Waals surface area contributed by atoms with Crippen molar-refractivity contribution in [2.24, 2.45) is 0 Å². The first-order valence-corrected chi connectivity index (χ1v) is 3.62. The molecule has 11 heavy (non-hydrogen) atoms. The quantitative estimate of drug-likeness (QED) is 0.289. The highest BCUT2D eigenvalue weighted by Gasteiger charge is 2.03. The highest BCUT2D eigenvalue weighted by Crippen LogP contribution is 2.31. The lowest BCUT2D eigenvalue weighted by Crippen LogP contribution is -1.92. The first-order valence-electron chi connectivity index (χ1n) is 2.84. The smallest absolute Gasteiger partial charge is 0.161 e. The van der Waals surface area contributed by atoms with Crippen molar-refractivity contribution in [2.45, 2.75) is 4.90 Å². The molecule has 5 heteroatoms. The van der Waals surface area contributed by atoms with Gasteiger partial charge in [-0.15, -0.1) is 0 Å². The molecule has 0 amide bonds. The molecule has 1 rings (SSSR count). The van der Waals surface area contributed by atoms with E-state index in [1.54, 1.807) is 0 Å². The summed E-state index contributed by atoms with van der Waals surface area (Å²) in [5.74, 6) is -0.136. The summed E-state index contributed by atoms with van der Waals surface area (Å²) in [5.41, 5.74) is 11.0. The zero-order valence-electron chi connectivity index (χ0n) is 5.61. The molecule has 0 saturated carbocycles. The van der Waals surface area contributed by atoms with E-state index in [1.807, 2.05) is 0 Å². The Morgan fingerprint density at radius 2 is 1.64 bits per heavy atom. The van der Waals surface area contributed by atoms with E-state index in [4.69, 9.17) is 21.1 Å². The molecule has 0 aliphatic heterocycles. The van der Waals surface area contributed by atoms with Crippen LogP contribution in [0.3, 0.4) is 0 Å². The summed E-state index contributed by atoms with van der Waals surface area (Å²) in [4.78, 5) is 0.512. The third kappa shape index (κ3) is 1.50. The van der Waals surface area contributed by atoms with E-state index in [2.05, 4.69) is 0 Å². The molecule has 0 aliphatic carbocycles. The second-order valence-electron chi connectivity index (χ2n) is 2.04. The zero-order chi connectivity index (χ0) is 8.43. The lowest BCUT2D eigenvalue weighted by molar-refractivity contribution is 0.480. The van der Waals surface area contributed by atoms with E-state index in [9.17, 15) is 0 Å². The van der Waals surface area contributed by atoms with Gasteiger partial charge in [-0.05, 0) is 12.1 Å². The van der Waals surface area contributed by atoms with E-state index >= 15 is 0 Å². The summed E-state index contributed by atoms with van der Waals surface area (Å²) in [6, 6.07) is 2.88. The molecule has 1 aromatic rings. The molecule has 0 fully saturated rings. The molecular formula is C6H8N2O2S. The number of rotatable bonds is 1. The Labute approximate surface area is 68.0 Å². The predicted octanol–water partition coefficient (Wildman–Crippen LogP) is 1.12. The molecule has 1 aromatic carbocycles. The van der Waals surface area contributed by atoms with E-state index in [-0.39, 0.29) is 17.1 Å². The SMILES string of the molecule is Nc1cc(SO)cc(N)c1O. The number of phenols is 1. The van der Waals surface area contributed by atoms with Gasteiger partial charge in [0.05, 0.1) is 11.4 Å². The average molecular weight is 172 g/mol. The molecule has 4 nitrogen and oxygen atoms in total. The van der Waals surface area contributed by atoms with Crippen LogP contribution in [0.25, 0.3) is 0 Å². The van der Waals surface area contributed by atoms with Crippen molar-refractivity contribution in [1.29, 1.82) is 0 Å². The highest BCUT2D eigenvalue weighted by molar-refractivity contribution is 7.93. The molecule has 0 aromatic heterocycles. The Morgan fingerprint density at radius 1 is 1.18 bits per heavy atom. The van der Waals surface area contributed by atoms with E-state index in [0.29, 0.717) is 16.9 Å². The van der Waals surface area contributed by atoms with Gasteiger partial charge in [0.25, 0.3) is 0 Å². The van der Waals surface area contributed by atoms with Crippen LogP contribution in [0, 0.1) is 0 Å². The van der Waals surface area contributed by atoms with Crippen LogP contribution in [0.15, 0.2) is 17.0 Å². The van der Waals surface area contributed by atoms with Crippen molar-refractivity contribution in [1.82, 2.24) is 0 Å². The molecule has 0 unspecified atom stereocenters. The zero-order valence-corrected chi connectivity index (χ0v) is 6.43. The van der Waals surface area contributed by atoms with Crippen molar-refractivity contribution in [3.63, 3.8) is 0 Å². The van der Waals surface area contributed by atoms with Crippen LogP contribution in [-0.4, -0.2) is 9.66 Å². The van der Waals surface area contributed by atoms with Gasteiger partial charge in [0.15, 0.2) is 5.75 Å². The van der Waals surface area contributed by atoms with Gasteiger partial charge in [-0.3, -0.25) is 0 Å². The number of anilines is 2. The normalized spacial score (nSPS) is 9.91. The standard InChI is InChI=1S/C6H8N2O2S/c7-4-1-3(11-10)2-5(8)6(4)9/h1-2,9-10H,7-8H2. The molecular weight excluding hydrogens is 164 g/mol. The van der Waals surface area contributed by atoms with Gasteiger partial charge in [-0.1, -0.05) is 0 Å². The maximum absolute atomic E-state index is 9.09. The van der Waals surface area contributed by atoms with Gasteiger partial charge in [-0.25, -0.2) is 0 Å². The van der Waals surface area contributed by atoms with Gasteiger partial charge in [0.1, 0.15) is 0 Å². The maximum atomic E-state index is 9.09. The van der Waals surface area contributed by atoms with Crippen LogP contribution in [0.1, 0.15) is 0 Å². The monoisotopic (exact) mass is 172 g/mol. The molecule has 0 atom stereocenters. The van der Waals surface area contributed by atoms with Crippen molar-refractivity contribution >= 4 is 23.4 Å². The van der Waals surface area contributed by atoms with Crippen LogP contribution in [-0.2, 0) is 0 Å². The Bertz CT molecular complexity index is 254. The Balaban J connectivity index is 3.21. The van der Waals surface area contributed by atoms with E-state index in [0.717, 1.165) is 0 Å². The summed E-state index contributed by atoms with van der Waals surface area (Å²) in [5, 5.41) is 9.09. The first kappa shape index (κ1) is 8.03. The minimum atomic E-state index is -0.136. The number of nitrogen functional groups attached to an aromatic ring is 2. The number of nitrogens with two attached hydrogens (primary N) is 2. The number of hydrogen-bond donors (Lipinski definition) is 4. The van der Waals surface area contributed by atoms with Crippen molar-refractivity contribution in [3.05, 3.63) is 12.1 Å². The third-order valence-electron chi connectivity index (χ3n) is 1.25. The Kier molecular flexibility index (Phi) is 2.11. The number of benzene rings is 1. The van der Waals surface area contributed by atoms with Crippen molar-refractivity contribution in [2.75, 3.05) is 11.5 Å². The van der Waals surface area contributed by atoms with Crippen molar-refractivity contribution in [3.8, 4) is 5.75 Å². The van der Waals surface area contributed by atoms with Crippen LogP contribution < -0.4 is 11.5 Å². The lowest BCUT2D eigenvalue weighted by atomic mass is 10.2. The molecule has 6 N–H and O–H groups in total. The maximum Gasteiger partial charge on any atom is 0.161 e. The van der Waals surface area contributed by atoms with Gasteiger partial charge in [0, 0.05) is 16.9 Å². The number of hydrogen-bond acceptors (Lipinski definition) is 5. The fourth-order valence-electron chi connectivity index (χ4n) is 0.704. The molecule has 0 radical (unpaired) electrons. The minimum Gasteiger partial charge on any atom is -0.504 e. The van der Waals surface area contributed by atoms with Gasteiger partial charge < -0.3 is 21.1 Å². The molecule has 0 aliphatic rings. The summed E-state index contributed by atoms with van der Waals surface area (Å²) in [6.07, 6.45) is 0. The molecule has 0 saturated heterocycles. The molecule has 0 spiro atoms. The van der Waals surface area contributed by atoms with Gasteiger partial charge >= 0.3 is 0 Å². The fourth-order valence-corrected chi connectivity index (χ4v) is 1.06. The van der Waals surface area contributed by atoms with Gasteiger partial charge in [0.2, 0.25) is 0 Å². The Hall–Kier alpha value is -1.07. The average Bonchev–Trinajstić information content (AvgIpc) is 1.99. The van der Waals surface area contributed by atoms with Gasteiger partial charge in [-0.2, -0.15) is 0 Å². The molecule has 60 valence electrons. The topological polar surface area (TPSA) is 92.5 Å². The summed E-state index contributed by atoms with van der Waals surface area (Å²) < 4.78 is 8.60. The third-order valence-corrected chi connectivity index (χ3v) is 1.69. The predicted molar refractivity (Wildman–Crippen MR) is 45.4 cm³/mol. The van der Waals surface area contributed by atoms with Crippen LogP contribution in [0.2, 0.25) is 0 Å². The number of aromatic hydroxyl groups is 1. The largest absolute Gasteiger partial charge is 0.504 e. The molecule has 0 bridgehead atoms. The summed E-state index contributed by atoms with van der Waals surface area (Å²) in [7, 11) is 0. The van der Waals surface area contributed by atoms with Crippen LogP contribution >= 0.6 is 12.0 Å². The second-order valence-corrected chi connectivity index (χ2v) is 2.70. The lowest BCUT2D eigenvalue weighted by Gasteiger charge is -2.03. The minimum absolute atomic E-state index is 0.136. The fraction of sp³-hybridized carbons (Fsp3) is 0. The van der Waals surface area contributed by atoms with E-state index < -0.39 is 0 Å². The van der Waals surface area contributed by atoms with Crippen LogP contribution in [0.5, 0.6) is 5.75 Å². The number of phenolic OH excluding ortho intramolecular Hbond substituents is 1. The Morgan fingerprint density at radius 3 is 2.00 bits per heavy atom. The van der Waals surface area contributed by atoms with Crippen molar-refractivity contribution < 1.29 is 9.66 Å². The molecule has 0 heterocycles. The van der Waals surface area contributed by atoms with Crippen LogP contribution in [0.4, 0.5) is 11.4 Å². The highest BCUT2D eigenvalue weighted by atomic mass is 32.2. The van der Waals surface area contributed by atoms with E-state index in [1.165, 1.54) is 12.1 Å².